The average Bonchev–Trinajstić information content (AvgIpc) is 2.50. The van der Waals surface area contributed by atoms with Gasteiger partial charge in [-0.05, 0) is 18.9 Å². The van der Waals surface area contributed by atoms with Crippen LogP contribution >= 0.6 is 0 Å². The van der Waals surface area contributed by atoms with Crippen molar-refractivity contribution in [3.8, 4) is 0 Å². The molecule has 1 heterocycles. The van der Waals surface area contributed by atoms with Gasteiger partial charge in [0.05, 0.1) is 5.69 Å². The predicted octanol–water partition coefficient (Wildman–Crippen LogP) is 1.61. The monoisotopic (exact) mass is 146 g/mol. The topological polar surface area (TPSA) is 25.8 Å². The maximum Gasteiger partial charge on any atom is 0.116 e. The normalized spacial score (nSPS) is 13.5. The van der Waals surface area contributed by atoms with Crippen molar-refractivity contribution in [3.63, 3.8) is 0 Å². The third-order valence-corrected chi connectivity index (χ3v) is 2.00. The van der Waals surface area contributed by atoms with E-state index in [1.807, 2.05) is 0 Å². The van der Waals surface area contributed by atoms with Crippen molar-refractivity contribution in [3.05, 3.63) is 29.4 Å². The quantitative estimate of drug-likeness (QED) is 0.601. The van der Waals surface area contributed by atoms with Crippen molar-refractivity contribution < 1.29 is 0 Å². The standard InChI is InChI=1S/C9H10N2/c1-2-8-7-4-3-5-9(7)11-6-10-8/h3,5-6H,2,4H2,1H3. The number of aromatic nitrogens is 2. The van der Waals surface area contributed by atoms with Crippen molar-refractivity contribution in [2.75, 3.05) is 0 Å². The summed E-state index contributed by atoms with van der Waals surface area (Å²) in [6.07, 6.45) is 7.87. The van der Waals surface area contributed by atoms with Crippen molar-refractivity contribution in [2.45, 2.75) is 19.8 Å². The summed E-state index contributed by atoms with van der Waals surface area (Å²) in [5, 5.41) is 0. The van der Waals surface area contributed by atoms with E-state index in [2.05, 4.69) is 29.0 Å². The Morgan fingerprint density at radius 1 is 1.45 bits per heavy atom. The van der Waals surface area contributed by atoms with Gasteiger partial charge >= 0.3 is 0 Å². The molecule has 0 N–H and O–H groups in total. The Morgan fingerprint density at radius 2 is 2.36 bits per heavy atom. The van der Waals surface area contributed by atoms with Gasteiger partial charge in [-0.3, -0.25) is 0 Å². The maximum atomic E-state index is 4.22. The van der Waals surface area contributed by atoms with Crippen molar-refractivity contribution in [1.29, 1.82) is 0 Å². The van der Waals surface area contributed by atoms with Gasteiger partial charge in [0, 0.05) is 11.3 Å². The summed E-state index contributed by atoms with van der Waals surface area (Å²) in [4.78, 5) is 8.39. The minimum Gasteiger partial charge on any atom is -0.241 e. The van der Waals surface area contributed by atoms with E-state index in [0.29, 0.717) is 0 Å². The van der Waals surface area contributed by atoms with Crippen LogP contribution in [0.15, 0.2) is 12.4 Å². The number of hydrogen-bond acceptors (Lipinski definition) is 2. The molecular weight excluding hydrogens is 136 g/mol. The average molecular weight is 146 g/mol. The summed E-state index contributed by atoms with van der Waals surface area (Å²) in [7, 11) is 0. The summed E-state index contributed by atoms with van der Waals surface area (Å²) in [6.45, 7) is 2.13. The molecule has 1 aliphatic carbocycles. The highest BCUT2D eigenvalue weighted by atomic mass is 14.8. The summed E-state index contributed by atoms with van der Waals surface area (Å²) >= 11 is 0. The number of aryl methyl sites for hydroxylation is 1. The third-order valence-electron chi connectivity index (χ3n) is 2.00. The van der Waals surface area contributed by atoms with E-state index in [9.17, 15) is 0 Å². The van der Waals surface area contributed by atoms with Gasteiger partial charge in [0.15, 0.2) is 0 Å². The van der Waals surface area contributed by atoms with Gasteiger partial charge in [0.2, 0.25) is 0 Å². The molecule has 0 amide bonds. The molecule has 0 aliphatic heterocycles. The molecule has 0 unspecified atom stereocenters. The molecule has 2 rings (SSSR count). The second kappa shape index (κ2) is 2.46. The van der Waals surface area contributed by atoms with Crippen LogP contribution in [0, 0.1) is 0 Å². The first-order valence-electron chi connectivity index (χ1n) is 3.91. The number of fused-ring (bicyclic) bond motifs is 1. The van der Waals surface area contributed by atoms with E-state index >= 15 is 0 Å². The smallest absolute Gasteiger partial charge is 0.116 e. The summed E-state index contributed by atoms with van der Waals surface area (Å²) in [5.41, 5.74) is 3.62. The molecule has 0 spiro atoms. The first kappa shape index (κ1) is 6.53. The van der Waals surface area contributed by atoms with Gasteiger partial charge in [-0.25, -0.2) is 9.97 Å². The first-order chi connectivity index (χ1) is 5.42. The molecule has 1 aromatic heterocycles. The molecule has 0 saturated carbocycles. The fraction of sp³-hybridized carbons (Fsp3) is 0.333. The molecule has 2 nitrogen and oxygen atoms in total. The van der Waals surface area contributed by atoms with Crippen LogP contribution < -0.4 is 0 Å². The fourth-order valence-corrected chi connectivity index (χ4v) is 1.42. The zero-order chi connectivity index (χ0) is 7.68. The van der Waals surface area contributed by atoms with E-state index in [0.717, 1.165) is 18.5 Å². The van der Waals surface area contributed by atoms with Gasteiger partial charge in [0.1, 0.15) is 6.33 Å². The second-order valence-electron chi connectivity index (χ2n) is 2.64. The Labute approximate surface area is 66.0 Å². The van der Waals surface area contributed by atoms with Crippen LogP contribution in [-0.4, -0.2) is 9.97 Å². The van der Waals surface area contributed by atoms with E-state index in [1.165, 1.54) is 11.3 Å². The van der Waals surface area contributed by atoms with Crippen LogP contribution in [0.25, 0.3) is 6.08 Å². The zero-order valence-corrected chi connectivity index (χ0v) is 6.54. The van der Waals surface area contributed by atoms with Crippen LogP contribution in [0.5, 0.6) is 0 Å². The number of hydrogen-bond donors (Lipinski definition) is 0. The molecule has 0 fully saturated rings. The molecule has 0 radical (unpaired) electrons. The zero-order valence-electron chi connectivity index (χ0n) is 6.54. The molecule has 0 atom stereocenters. The van der Waals surface area contributed by atoms with Crippen LogP contribution in [0.3, 0.4) is 0 Å². The van der Waals surface area contributed by atoms with E-state index in [-0.39, 0.29) is 0 Å². The number of allylic oxidation sites excluding steroid dienone is 1. The highest BCUT2D eigenvalue weighted by Gasteiger charge is 2.09. The largest absolute Gasteiger partial charge is 0.241 e. The van der Waals surface area contributed by atoms with Crippen molar-refractivity contribution in [1.82, 2.24) is 9.97 Å². The van der Waals surface area contributed by atoms with Gasteiger partial charge in [-0.1, -0.05) is 13.0 Å². The number of nitrogens with zero attached hydrogens (tertiary/aromatic N) is 2. The van der Waals surface area contributed by atoms with Gasteiger partial charge in [0.25, 0.3) is 0 Å². The lowest BCUT2D eigenvalue weighted by atomic mass is 10.1. The maximum absolute atomic E-state index is 4.22. The van der Waals surface area contributed by atoms with Crippen molar-refractivity contribution >= 4 is 6.08 Å². The van der Waals surface area contributed by atoms with Crippen LogP contribution in [0.4, 0.5) is 0 Å². The molecule has 1 aromatic rings. The summed E-state index contributed by atoms with van der Waals surface area (Å²) < 4.78 is 0. The molecule has 56 valence electrons. The minimum absolute atomic E-state index is 1.01. The van der Waals surface area contributed by atoms with E-state index in [4.69, 9.17) is 0 Å². The third kappa shape index (κ3) is 0.946. The van der Waals surface area contributed by atoms with E-state index < -0.39 is 0 Å². The van der Waals surface area contributed by atoms with Crippen LogP contribution in [0.1, 0.15) is 23.9 Å². The molecule has 1 aliphatic rings. The summed E-state index contributed by atoms with van der Waals surface area (Å²) in [6, 6.07) is 0. The molecule has 0 bridgehead atoms. The molecule has 0 aromatic carbocycles. The Balaban J connectivity index is 2.55. The highest BCUT2D eigenvalue weighted by molar-refractivity contribution is 5.56. The lowest BCUT2D eigenvalue weighted by Gasteiger charge is -2.01. The van der Waals surface area contributed by atoms with Gasteiger partial charge in [-0.15, -0.1) is 0 Å². The van der Waals surface area contributed by atoms with Crippen molar-refractivity contribution in [2.24, 2.45) is 0 Å². The number of rotatable bonds is 1. The highest BCUT2D eigenvalue weighted by Crippen LogP contribution is 2.19. The van der Waals surface area contributed by atoms with Crippen LogP contribution in [0.2, 0.25) is 0 Å². The predicted molar refractivity (Wildman–Crippen MR) is 44.1 cm³/mol. The lowest BCUT2D eigenvalue weighted by molar-refractivity contribution is 0.953. The molecule has 0 saturated heterocycles. The van der Waals surface area contributed by atoms with Gasteiger partial charge in [-0.2, -0.15) is 0 Å². The van der Waals surface area contributed by atoms with Crippen LogP contribution in [-0.2, 0) is 12.8 Å². The lowest BCUT2D eigenvalue weighted by Crippen LogP contribution is -1.97. The fourth-order valence-electron chi connectivity index (χ4n) is 1.42. The van der Waals surface area contributed by atoms with Gasteiger partial charge < -0.3 is 0 Å². The Kier molecular flexibility index (Phi) is 1.46. The van der Waals surface area contributed by atoms with E-state index in [1.54, 1.807) is 6.33 Å². The summed E-state index contributed by atoms with van der Waals surface area (Å²) in [5.74, 6) is 0. The Bertz CT molecular complexity index is 302. The molecule has 2 heteroatoms. The Hall–Kier alpha value is -1.18. The first-order valence-corrected chi connectivity index (χ1v) is 3.91. The Morgan fingerprint density at radius 3 is 3.18 bits per heavy atom. The SMILES string of the molecule is CCc1ncnc2c1CC=C2. The minimum atomic E-state index is 1.01. The molecule has 11 heavy (non-hydrogen) atoms. The second-order valence-corrected chi connectivity index (χ2v) is 2.64. The molecular formula is C9H10N2.